The number of hydrogen-bond donors (Lipinski definition) is 1. The first-order valence-electron chi connectivity index (χ1n) is 9.58. The number of hydrogen-bond acceptors (Lipinski definition) is 4. The quantitative estimate of drug-likeness (QED) is 0.517. The molecular formula is C22H20ClN5O2. The van der Waals surface area contributed by atoms with Gasteiger partial charge in [0.15, 0.2) is 0 Å². The van der Waals surface area contributed by atoms with Gasteiger partial charge >= 0.3 is 0 Å². The van der Waals surface area contributed by atoms with Crippen molar-refractivity contribution in [1.29, 1.82) is 0 Å². The Morgan fingerprint density at radius 1 is 1.20 bits per heavy atom. The molecule has 0 radical (unpaired) electrons. The number of rotatable bonds is 6. The first-order chi connectivity index (χ1) is 14.5. The monoisotopic (exact) mass is 421 g/mol. The van der Waals surface area contributed by atoms with E-state index >= 15 is 0 Å². The van der Waals surface area contributed by atoms with Gasteiger partial charge in [0.1, 0.15) is 5.82 Å². The topological polar surface area (TPSA) is 83.9 Å². The lowest BCUT2D eigenvalue weighted by molar-refractivity contribution is -0.131. The van der Waals surface area contributed by atoms with E-state index in [0.717, 1.165) is 11.3 Å². The third-order valence-corrected chi connectivity index (χ3v) is 5.04. The number of halogens is 1. The van der Waals surface area contributed by atoms with Crippen molar-refractivity contribution in [2.45, 2.75) is 19.9 Å². The van der Waals surface area contributed by atoms with Crippen molar-refractivity contribution in [3.05, 3.63) is 87.7 Å². The van der Waals surface area contributed by atoms with Crippen molar-refractivity contribution >= 4 is 28.4 Å². The molecule has 2 heterocycles. The van der Waals surface area contributed by atoms with Crippen molar-refractivity contribution in [3.63, 3.8) is 0 Å². The van der Waals surface area contributed by atoms with Gasteiger partial charge in [0.05, 0.1) is 35.8 Å². The highest BCUT2D eigenvalue weighted by Crippen LogP contribution is 2.15. The molecule has 0 fully saturated rings. The standard InChI is InChI=1S/C22H20ClN5O2/c1-2-27(14-20-25-19-11-16(23)8-9-18(19)22(30)26-20)21(29)10-15-12-24-28(13-15)17-6-4-3-5-7-17/h3-9,11-13H,2,10,14H2,1H3,(H,25,26,30). The number of nitrogens with zero attached hydrogens (tertiary/aromatic N) is 4. The third-order valence-electron chi connectivity index (χ3n) is 4.80. The van der Waals surface area contributed by atoms with Gasteiger partial charge in [0, 0.05) is 17.8 Å². The average Bonchev–Trinajstić information content (AvgIpc) is 3.20. The van der Waals surface area contributed by atoms with Gasteiger partial charge in [-0.15, -0.1) is 0 Å². The van der Waals surface area contributed by atoms with Gasteiger partial charge in [-0.05, 0) is 42.8 Å². The molecule has 2 aromatic heterocycles. The van der Waals surface area contributed by atoms with E-state index in [9.17, 15) is 9.59 Å². The zero-order valence-corrected chi connectivity index (χ0v) is 17.1. The van der Waals surface area contributed by atoms with E-state index < -0.39 is 0 Å². The maximum atomic E-state index is 12.8. The summed E-state index contributed by atoms with van der Waals surface area (Å²) in [6, 6.07) is 14.6. The molecule has 0 saturated carbocycles. The normalized spacial score (nSPS) is 11.0. The second kappa shape index (κ2) is 8.51. The van der Waals surface area contributed by atoms with Crippen LogP contribution in [0.4, 0.5) is 0 Å². The Labute approximate surface area is 177 Å². The zero-order chi connectivity index (χ0) is 21.1. The van der Waals surface area contributed by atoms with Crippen LogP contribution in [-0.4, -0.2) is 37.1 Å². The minimum Gasteiger partial charge on any atom is -0.335 e. The molecule has 7 nitrogen and oxygen atoms in total. The van der Waals surface area contributed by atoms with Crippen LogP contribution in [-0.2, 0) is 17.8 Å². The first-order valence-corrected chi connectivity index (χ1v) is 9.96. The Morgan fingerprint density at radius 2 is 2.00 bits per heavy atom. The maximum Gasteiger partial charge on any atom is 0.258 e. The van der Waals surface area contributed by atoms with Crippen LogP contribution in [0, 0.1) is 0 Å². The van der Waals surface area contributed by atoms with Gasteiger partial charge in [-0.25, -0.2) is 9.67 Å². The van der Waals surface area contributed by atoms with E-state index in [1.807, 2.05) is 43.5 Å². The molecule has 4 aromatic rings. The molecule has 8 heteroatoms. The number of fused-ring (bicyclic) bond motifs is 1. The van der Waals surface area contributed by atoms with Crippen molar-refractivity contribution in [2.24, 2.45) is 0 Å². The van der Waals surface area contributed by atoms with Crippen molar-refractivity contribution < 1.29 is 4.79 Å². The molecule has 0 saturated heterocycles. The Morgan fingerprint density at radius 3 is 2.77 bits per heavy atom. The fourth-order valence-electron chi connectivity index (χ4n) is 3.25. The number of carbonyl (C=O) groups is 1. The maximum absolute atomic E-state index is 12.8. The summed E-state index contributed by atoms with van der Waals surface area (Å²) >= 11 is 6.02. The second-order valence-corrected chi connectivity index (χ2v) is 7.32. The number of para-hydroxylation sites is 1. The molecule has 0 aliphatic carbocycles. The number of nitrogens with one attached hydrogen (secondary N) is 1. The highest BCUT2D eigenvalue weighted by Gasteiger charge is 2.16. The molecule has 0 spiro atoms. The third kappa shape index (κ3) is 4.26. The summed E-state index contributed by atoms with van der Waals surface area (Å²) < 4.78 is 1.74. The van der Waals surface area contributed by atoms with E-state index in [-0.39, 0.29) is 24.4 Å². The highest BCUT2D eigenvalue weighted by molar-refractivity contribution is 6.31. The molecule has 0 bridgehead atoms. The number of amides is 1. The first kappa shape index (κ1) is 19.8. The van der Waals surface area contributed by atoms with Crippen LogP contribution >= 0.6 is 11.6 Å². The summed E-state index contributed by atoms with van der Waals surface area (Å²) in [5.74, 6) is 0.351. The Kier molecular flexibility index (Phi) is 5.63. The molecule has 1 N–H and O–H groups in total. The molecule has 152 valence electrons. The molecule has 30 heavy (non-hydrogen) atoms. The fourth-order valence-corrected chi connectivity index (χ4v) is 3.42. The molecule has 0 aliphatic rings. The van der Waals surface area contributed by atoms with Crippen LogP contribution < -0.4 is 5.56 Å². The number of likely N-dealkylation sites (N-methyl/N-ethyl adjacent to an activating group) is 1. The minimum atomic E-state index is -0.251. The summed E-state index contributed by atoms with van der Waals surface area (Å²) in [7, 11) is 0. The average molecular weight is 422 g/mol. The lowest BCUT2D eigenvalue weighted by Gasteiger charge is -2.20. The van der Waals surface area contributed by atoms with Gasteiger partial charge < -0.3 is 9.88 Å². The van der Waals surface area contributed by atoms with Crippen molar-refractivity contribution in [2.75, 3.05) is 6.54 Å². The molecule has 1 amide bonds. The Bertz CT molecular complexity index is 1250. The van der Waals surface area contributed by atoms with Crippen molar-refractivity contribution in [3.8, 4) is 5.69 Å². The van der Waals surface area contributed by atoms with Gasteiger partial charge in [0.25, 0.3) is 5.56 Å². The van der Waals surface area contributed by atoms with Crippen LogP contribution in [0.25, 0.3) is 16.6 Å². The fraction of sp³-hybridized carbons (Fsp3) is 0.182. The largest absolute Gasteiger partial charge is 0.335 e. The Balaban J connectivity index is 1.50. The molecular weight excluding hydrogens is 402 g/mol. The van der Waals surface area contributed by atoms with Crippen LogP contribution in [0.1, 0.15) is 18.3 Å². The summed E-state index contributed by atoms with van der Waals surface area (Å²) in [5, 5.41) is 5.30. The Hall–Kier alpha value is -3.45. The molecule has 0 atom stereocenters. The van der Waals surface area contributed by atoms with E-state index in [0.29, 0.717) is 28.3 Å². The number of aromatic nitrogens is 4. The lowest BCUT2D eigenvalue weighted by atomic mass is 10.2. The van der Waals surface area contributed by atoms with Crippen molar-refractivity contribution in [1.82, 2.24) is 24.6 Å². The summed E-state index contributed by atoms with van der Waals surface area (Å²) in [4.78, 5) is 34.0. The minimum absolute atomic E-state index is 0.0704. The highest BCUT2D eigenvalue weighted by atomic mass is 35.5. The second-order valence-electron chi connectivity index (χ2n) is 6.89. The predicted molar refractivity (Wildman–Crippen MR) is 116 cm³/mol. The number of carbonyl (C=O) groups excluding carboxylic acids is 1. The summed E-state index contributed by atoms with van der Waals surface area (Å²) in [6.07, 6.45) is 3.75. The van der Waals surface area contributed by atoms with Crippen LogP contribution in [0.3, 0.4) is 0 Å². The lowest BCUT2D eigenvalue weighted by Crippen LogP contribution is -2.33. The van der Waals surface area contributed by atoms with E-state index in [2.05, 4.69) is 15.1 Å². The van der Waals surface area contributed by atoms with Gasteiger partial charge in [0.2, 0.25) is 5.91 Å². The molecule has 0 aliphatic heterocycles. The summed E-state index contributed by atoms with van der Waals surface area (Å²) in [5.41, 5.74) is 2.00. The number of H-pyrrole nitrogens is 1. The van der Waals surface area contributed by atoms with Gasteiger partial charge in [-0.3, -0.25) is 9.59 Å². The van der Waals surface area contributed by atoms with Gasteiger partial charge in [-0.1, -0.05) is 29.8 Å². The van der Waals surface area contributed by atoms with E-state index in [1.165, 1.54) is 0 Å². The van der Waals surface area contributed by atoms with Gasteiger partial charge in [-0.2, -0.15) is 5.10 Å². The van der Waals surface area contributed by atoms with E-state index in [4.69, 9.17) is 11.6 Å². The predicted octanol–water partition coefficient (Wildman–Crippen LogP) is 3.35. The van der Waals surface area contributed by atoms with Crippen LogP contribution in [0.2, 0.25) is 5.02 Å². The van der Waals surface area contributed by atoms with Crippen LogP contribution in [0.5, 0.6) is 0 Å². The summed E-state index contributed by atoms with van der Waals surface area (Å²) in [6.45, 7) is 2.59. The van der Waals surface area contributed by atoms with Crippen LogP contribution in [0.15, 0.2) is 65.7 Å². The number of aromatic amines is 1. The molecule has 4 rings (SSSR count). The SMILES string of the molecule is CCN(Cc1nc2cc(Cl)ccc2c(=O)[nH]1)C(=O)Cc1cnn(-c2ccccc2)c1. The smallest absolute Gasteiger partial charge is 0.258 e. The zero-order valence-electron chi connectivity index (χ0n) is 16.4. The molecule has 0 unspecified atom stereocenters. The number of benzene rings is 2. The molecule has 2 aromatic carbocycles. The van der Waals surface area contributed by atoms with E-state index in [1.54, 1.807) is 34.0 Å².